The molecule has 4 aliphatic rings. The van der Waals surface area contributed by atoms with E-state index in [4.69, 9.17) is 0 Å². The third-order valence-electron chi connectivity index (χ3n) is 12.5. The molecule has 1 aliphatic heterocycles. The number of aryl methyl sites for hydroxylation is 2. The van der Waals surface area contributed by atoms with Crippen LogP contribution in [0.2, 0.25) is 8.45 Å². The number of benzene rings is 4. The van der Waals surface area contributed by atoms with Crippen LogP contribution in [0.25, 0.3) is 34.4 Å². The van der Waals surface area contributed by atoms with E-state index in [2.05, 4.69) is 152 Å². The standard InChI is InChI=1S/2C20H21.C6H10.2ClH.Ti/c2*1-14-8-10-15(11-9-14)18-7-5-6-16-12-17(13-19(16)18)20(2,3)4;1-2-4-6-5-3-1;;;/h2*5-13H,1-4H3;1-2H,3-6H2;2*1H;/q;;;;;+2/p-2. The summed E-state index contributed by atoms with van der Waals surface area (Å²) >= 11 is -2.81. The van der Waals surface area contributed by atoms with Crippen LogP contribution in [0, 0.1) is 24.7 Å². The maximum atomic E-state index is 2.70. The Bertz CT molecular complexity index is 1790. The van der Waals surface area contributed by atoms with Gasteiger partial charge in [-0.15, -0.1) is 0 Å². The van der Waals surface area contributed by atoms with Gasteiger partial charge in [-0.3, -0.25) is 0 Å². The maximum Gasteiger partial charge on any atom is -1.00 e. The molecule has 2 fully saturated rings. The van der Waals surface area contributed by atoms with E-state index in [1.54, 1.807) is 22.3 Å². The molecule has 3 aliphatic carbocycles. The zero-order chi connectivity index (χ0) is 32.9. The molecule has 0 N–H and O–H groups in total. The van der Waals surface area contributed by atoms with Crippen molar-refractivity contribution in [1.82, 2.24) is 0 Å². The maximum absolute atomic E-state index is 2.81. The molecule has 49 heavy (non-hydrogen) atoms. The van der Waals surface area contributed by atoms with E-state index in [0.29, 0.717) is 8.45 Å². The van der Waals surface area contributed by atoms with E-state index < -0.39 is 16.6 Å². The molecule has 3 heteroatoms. The average molecular weight is 724 g/mol. The van der Waals surface area contributed by atoms with Crippen molar-refractivity contribution < 1.29 is 41.4 Å². The fourth-order valence-electron chi connectivity index (χ4n) is 10.4. The summed E-state index contributed by atoms with van der Waals surface area (Å²) in [7, 11) is 0. The summed E-state index contributed by atoms with van der Waals surface area (Å²) in [5.74, 6) is 0. The molecule has 0 nitrogen and oxygen atoms in total. The van der Waals surface area contributed by atoms with Gasteiger partial charge in [0.2, 0.25) is 0 Å². The number of allylic oxidation sites excluding steroid dienone is 2. The van der Waals surface area contributed by atoms with E-state index in [0.717, 1.165) is 8.45 Å². The van der Waals surface area contributed by atoms with Crippen LogP contribution in [-0.4, -0.2) is 0 Å². The normalized spacial score (nSPS) is 23.9. The molecule has 0 aromatic heterocycles. The number of fused-ring (bicyclic) bond motifs is 3. The summed E-state index contributed by atoms with van der Waals surface area (Å²) < 4.78 is 3.10. The molecule has 0 spiro atoms. The van der Waals surface area contributed by atoms with Crippen molar-refractivity contribution in [2.75, 3.05) is 0 Å². The molecule has 4 atom stereocenters. The molecule has 0 bridgehead atoms. The smallest absolute Gasteiger partial charge is 1.00 e. The summed E-state index contributed by atoms with van der Waals surface area (Å²) in [6, 6.07) is 33.2. The minimum Gasteiger partial charge on any atom is -1.00 e. The molecule has 1 saturated heterocycles. The van der Waals surface area contributed by atoms with E-state index in [-0.39, 0.29) is 35.6 Å². The SMILES string of the molecule is Cc1ccc(-c2cccc3c2C=C(C(C)(C)C)[CH]3[Ti+2]2([CH]3C(C(C)(C)C)=Cc4c(-c5ccc(C)cc5)cccc43)[CH]3CCCC[CH]32)cc1.[Cl-].[Cl-]. The Morgan fingerprint density at radius 3 is 1.22 bits per heavy atom. The van der Waals surface area contributed by atoms with Crippen molar-refractivity contribution in [1.29, 1.82) is 0 Å². The Balaban J connectivity index is 0.00000208. The molecule has 4 aromatic rings. The summed E-state index contributed by atoms with van der Waals surface area (Å²) in [6.45, 7) is 19.4. The third kappa shape index (κ3) is 5.78. The summed E-state index contributed by atoms with van der Waals surface area (Å²) in [5, 5.41) is 0. The largest absolute Gasteiger partial charge is 1.00 e. The topological polar surface area (TPSA) is 0 Å². The first kappa shape index (κ1) is 36.4. The van der Waals surface area contributed by atoms with Crippen LogP contribution < -0.4 is 24.8 Å². The molecule has 8 rings (SSSR count). The molecule has 4 aromatic carbocycles. The van der Waals surface area contributed by atoms with Gasteiger partial charge >= 0.3 is 289 Å². The van der Waals surface area contributed by atoms with E-state index >= 15 is 0 Å². The molecule has 1 saturated carbocycles. The first-order valence-corrected chi connectivity index (χ1v) is 21.9. The molecule has 254 valence electrons. The van der Waals surface area contributed by atoms with Crippen LogP contribution in [-0.2, 0) is 16.6 Å². The van der Waals surface area contributed by atoms with Gasteiger partial charge in [0.25, 0.3) is 0 Å². The van der Waals surface area contributed by atoms with Gasteiger partial charge in [-0.05, 0) is 0 Å². The van der Waals surface area contributed by atoms with E-state index in [1.165, 1.54) is 70.2 Å². The zero-order valence-electron chi connectivity index (χ0n) is 30.6. The molecule has 4 unspecified atom stereocenters. The van der Waals surface area contributed by atoms with Crippen LogP contribution in [0.15, 0.2) is 96.1 Å². The van der Waals surface area contributed by atoms with Crippen molar-refractivity contribution in [3.05, 3.63) is 129 Å². The molecule has 1 heterocycles. The Hall–Kier alpha value is -2.35. The number of hydrogen-bond acceptors (Lipinski definition) is 0. The molecular weight excluding hydrogens is 671 g/mol. The monoisotopic (exact) mass is 722 g/mol. The Labute approximate surface area is 312 Å². The summed E-state index contributed by atoms with van der Waals surface area (Å²) in [5.41, 5.74) is 18.3. The Morgan fingerprint density at radius 1 is 0.510 bits per heavy atom. The van der Waals surface area contributed by atoms with Gasteiger partial charge in [0, 0.05) is 0 Å². The Kier molecular flexibility index (Phi) is 9.68. The quantitative estimate of drug-likeness (QED) is 0.190. The third-order valence-corrected chi connectivity index (χ3v) is 23.2. The van der Waals surface area contributed by atoms with Gasteiger partial charge in [0.05, 0.1) is 0 Å². The van der Waals surface area contributed by atoms with Crippen LogP contribution in [0.1, 0.15) is 109 Å². The summed E-state index contributed by atoms with van der Waals surface area (Å²) in [4.78, 5) is 0. The minimum absolute atomic E-state index is 0. The van der Waals surface area contributed by atoms with Crippen LogP contribution >= 0.6 is 0 Å². The molecule has 0 radical (unpaired) electrons. The Morgan fingerprint density at radius 2 is 0.878 bits per heavy atom. The number of hydrogen-bond donors (Lipinski definition) is 0. The van der Waals surface area contributed by atoms with Crippen molar-refractivity contribution in [3.63, 3.8) is 0 Å². The average Bonchev–Trinajstić information content (AvgIpc) is 3.31. The van der Waals surface area contributed by atoms with Gasteiger partial charge in [-0.1, -0.05) is 0 Å². The predicted molar refractivity (Wildman–Crippen MR) is 200 cm³/mol. The number of rotatable bonds is 4. The van der Waals surface area contributed by atoms with Crippen LogP contribution in [0.3, 0.4) is 0 Å². The van der Waals surface area contributed by atoms with Gasteiger partial charge in [-0.2, -0.15) is 0 Å². The molecule has 0 amide bonds. The van der Waals surface area contributed by atoms with Gasteiger partial charge in [-0.25, -0.2) is 0 Å². The second kappa shape index (κ2) is 13.0. The second-order valence-electron chi connectivity index (χ2n) is 17.4. The first-order chi connectivity index (χ1) is 22.4. The van der Waals surface area contributed by atoms with E-state index in [1.807, 2.05) is 0 Å². The number of halogens is 2. The molecular formula is C46H52Cl2Ti. The minimum atomic E-state index is -2.81. The summed E-state index contributed by atoms with van der Waals surface area (Å²) in [6.07, 6.45) is 11.1. The fourth-order valence-corrected chi connectivity index (χ4v) is 25.1. The van der Waals surface area contributed by atoms with Crippen LogP contribution in [0.4, 0.5) is 0 Å². The zero-order valence-corrected chi connectivity index (χ0v) is 33.7. The van der Waals surface area contributed by atoms with Crippen molar-refractivity contribution in [2.24, 2.45) is 10.8 Å². The van der Waals surface area contributed by atoms with Crippen molar-refractivity contribution in [3.8, 4) is 22.3 Å². The predicted octanol–water partition coefficient (Wildman–Crippen LogP) is 7.63. The van der Waals surface area contributed by atoms with Crippen LogP contribution in [0.5, 0.6) is 0 Å². The fraction of sp³-hybridized carbons (Fsp3) is 0.391. The van der Waals surface area contributed by atoms with Gasteiger partial charge < -0.3 is 24.8 Å². The van der Waals surface area contributed by atoms with Crippen molar-refractivity contribution in [2.45, 2.75) is 98.0 Å². The van der Waals surface area contributed by atoms with E-state index in [9.17, 15) is 0 Å². The first-order valence-electron chi connectivity index (χ1n) is 18.2. The van der Waals surface area contributed by atoms with Gasteiger partial charge in [0.1, 0.15) is 0 Å². The second-order valence-corrected chi connectivity index (χ2v) is 24.7. The van der Waals surface area contributed by atoms with Crippen molar-refractivity contribution >= 4 is 12.2 Å². The van der Waals surface area contributed by atoms with Gasteiger partial charge in [0.15, 0.2) is 0 Å².